The topological polar surface area (TPSA) is 69.4 Å². The van der Waals surface area contributed by atoms with Crippen molar-refractivity contribution >= 4 is 31.5 Å². The number of anilines is 1. The van der Waals surface area contributed by atoms with Crippen molar-refractivity contribution in [3.8, 4) is 5.75 Å². The smallest absolute Gasteiger partial charge is 0.182 e. The van der Waals surface area contributed by atoms with Crippen molar-refractivity contribution in [1.82, 2.24) is 0 Å². The molecule has 6 heteroatoms. The summed E-state index contributed by atoms with van der Waals surface area (Å²) in [4.78, 5) is 0.267. The second kappa shape index (κ2) is 5.35. The summed E-state index contributed by atoms with van der Waals surface area (Å²) in [6.07, 6.45) is 0.809. The summed E-state index contributed by atoms with van der Waals surface area (Å²) in [6, 6.07) is 10.0. The van der Waals surface area contributed by atoms with Crippen LogP contribution in [-0.2, 0) is 22.0 Å². The summed E-state index contributed by atoms with van der Waals surface area (Å²) in [7, 11) is -3.42. The normalized spacial score (nSPS) is 13.8. The van der Waals surface area contributed by atoms with E-state index < -0.39 is 9.84 Å². The largest absolute Gasteiger partial charge is 0.493 e. The summed E-state index contributed by atoms with van der Waals surface area (Å²) in [6.45, 7) is 0.598. The predicted molar refractivity (Wildman–Crippen MR) is 85.1 cm³/mol. The summed E-state index contributed by atoms with van der Waals surface area (Å²) >= 11 is 3.42. The number of ether oxygens (including phenoxy) is 1. The molecule has 1 heterocycles. The highest BCUT2D eigenvalue weighted by Gasteiger charge is 2.23. The van der Waals surface area contributed by atoms with Gasteiger partial charge in [-0.05, 0) is 42.0 Å². The van der Waals surface area contributed by atoms with Gasteiger partial charge in [-0.3, -0.25) is 0 Å². The van der Waals surface area contributed by atoms with Crippen molar-refractivity contribution in [2.24, 2.45) is 0 Å². The number of sulfone groups is 1. The predicted octanol–water partition coefficient (Wildman–Crippen LogP) is 2.94. The lowest BCUT2D eigenvalue weighted by Gasteiger charge is -2.10. The van der Waals surface area contributed by atoms with E-state index in [0.717, 1.165) is 16.5 Å². The molecule has 0 spiro atoms. The molecule has 0 atom stereocenters. The quantitative estimate of drug-likeness (QED) is 0.846. The van der Waals surface area contributed by atoms with E-state index in [1.54, 1.807) is 18.2 Å². The molecule has 1 aliphatic rings. The molecule has 0 bridgehead atoms. The van der Waals surface area contributed by atoms with E-state index in [4.69, 9.17) is 10.5 Å². The van der Waals surface area contributed by atoms with E-state index >= 15 is 0 Å². The highest BCUT2D eigenvalue weighted by Crippen LogP contribution is 2.35. The van der Waals surface area contributed by atoms with Gasteiger partial charge in [0.1, 0.15) is 5.75 Å². The van der Waals surface area contributed by atoms with Crippen LogP contribution in [0.3, 0.4) is 0 Å². The Morgan fingerprint density at radius 2 is 1.90 bits per heavy atom. The third-order valence-corrected chi connectivity index (χ3v) is 5.55. The van der Waals surface area contributed by atoms with Gasteiger partial charge in [0.25, 0.3) is 0 Å². The number of nitrogen functional groups attached to an aromatic ring is 1. The summed E-state index contributed by atoms with van der Waals surface area (Å²) in [5.74, 6) is 0.621. The van der Waals surface area contributed by atoms with Crippen LogP contribution in [-0.4, -0.2) is 15.0 Å². The second-order valence-corrected chi connectivity index (χ2v) is 7.88. The Morgan fingerprint density at radius 3 is 2.62 bits per heavy atom. The van der Waals surface area contributed by atoms with Crippen LogP contribution in [0.5, 0.6) is 5.75 Å². The maximum Gasteiger partial charge on any atom is 0.182 e. The molecule has 2 N–H and O–H groups in total. The van der Waals surface area contributed by atoms with E-state index in [1.165, 1.54) is 12.1 Å². The lowest BCUT2D eigenvalue weighted by Crippen LogP contribution is -2.06. The van der Waals surface area contributed by atoms with Gasteiger partial charge in [0.2, 0.25) is 0 Å². The first kappa shape index (κ1) is 14.4. The number of fused-ring (bicyclic) bond motifs is 1. The van der Waals surface area contributed by atoms with Gasteiger partial charge in [-0.1, -0.05) is 15.9 Å². The zero-order chi connectivity index (χ0) is 15.0. The Balaban J connectivity index is 1.98. The van der Waals surface area contributed by atoms with Gasteiger partial charge in [0.05, 0.1) is 17.3 Å². The number of rotatable bonds is 3. The fourth-order valence-electron chi connectivity index (χ4n) is 2.42. The molecule has 0 saturated carbocycles. The molecule has 2 aromatic rings. The van der Waals surface area contributed by atoms with Gasteiger partial charge in [-0.2, -0.15) is 0 Å². The summed E-state index contributed by atoms with van der Waals surface area (Å²) < 4.78 is 31.5. The Labute approximate surface area is 132 Å². The Hall–Kier alpha value is -1.53. The maximum absolute atomic E-state index is 12.5. The highest BCUT2D eigenvalue weighted by atomic mass is 79.9. The summed E-state index contributed by atoms with van der Waals surface area (Å²) in [5, 5.41) is 0. The number of nitrogens with two attached hydrogens (primary N) is 1. The number of hydrogen-bond donors (Lipinski definition) is 1. The molecule has 3 rings (SSSR count). The van der Waals surface area contributed by atoms with Crippen LogP contribution in [0.15, 0.2) is 45.8 Å². The van der Waals surface area contributed by atoms with Crippen molar-refractivity contribution in [3.05, 3.63) is 52.0 Å². The minimum absolute atomic E-state index is 0.0846. The molecule has 0 unspecified atom stereocenters. The molecular weight excluding hydrogens is 354 g/mol. The fourth-order valence-corrected chi connectivity index (χ4v) is 4.31. The molecule has 4 nitrogen and oxygen atoms in total. The molecule has 1 aliphatic heterocycles. The van der Waals surface area contributed by atoms with E-state index in [-0.39, 0.29) is 10.6 Å². The molecule has 0 saturated heterocycles. The van der Waals surface area contributed by atoms with Gasteiger partial charge < -0.3 is 10.5 Å². The van der Waals surface area contributed by atoms with E-state index in [0.29, 0.717) is 23.6 Å². The lowest BCUT2D eigenvalue weighted by molar-refractivity contribution is 0.354. The zero-order valence-electron chi connectivity index (χ0n) is 11.2. The van der Waals surface area contributed by atoms with E-state index in [2.05, 4.69) is 15.9 Å². The fraction of sp³-hybridized carbons (Fsp3) is 0.200. The van der Waals surface area contributed by atoms with Crippen LogP contribution in [0, 0.1) is 0 Å². The van der Waals surface area contributed by atoms with Crippen LogP contribution in [0.25, 0.3) is 0 Å². The molecule has 0 fully saturated rings. The standard InChI is InChI=1S/C15H14BrNO3S/c16-12-7-10-5-6-20-15(10)11(8-12)9-21(18,19)14-3-1-13(17)2-4-14/h1-4,7-8H,5-6,9,17H2. The summed E-state index contributed by atoms with van der Waals surface area (Å²) in [5.41, 5.74) is 7.87. The van der Waals surface area contributed by atoms with Crippen LogP contribution in [0.2, 0.25) is 0 Å². The molecule has 2 aromatic carbocycles. The third kappa shape index (κ3) is 2.91. The molecule has 110 valence electrons. The molecule has 0 amide bonds. The Morgan fingerprint density at radius 1 is 1.19 bits per heavy atom. The third-order valence-electron chi connectivity index (χ3n) is 3.41. The van der Waals surface area contributed by atoms with Crippen LogP contribution in [0.1, 0.15) is 11.1 Å². The van der Waals surface area contributed by atoms with E-state index in [1.807, 2.05) is 6.07 Å². The zero-order valence-corrected chi connectivity index (χ0v) is 13.6. The molecule has 0 radical (unpaired) electrons. The minimum atomic E-state index is -3.42. The van der Waals surface area contributed by atoms with Crippen LogP contribution in [0.4, 0.5) is 5.69 Å². The van der Waals surface area contributed by atoms with Gasteiger partial charge in [-0.25, -0.2) is 8.42 Å². The molecular formula is C15H14BrNO3S. The Kier molecular flexibility index (Phi) is 3.67. The van der Waals surface area contributed by atoms with Gasteiger partial charge in [0, 0.05) is 22.1 Å². The van der Waals surface area contributed by atoms with E-state index in [9.17, 15) is 8.42 Å². The second-order valence-electron chi connectivity index (χ2n) is 4.98. The monoisotopic (exact) mass is 367 g/mol. The molecule has 21 heavy (non-hydrogen) atoms. The highest BCUT2D eigenvalue weighted by molar-refractivity contribution is 9.10. The lowest BCUT2D eigenvalue weighted by atomic mass is 10.1. The van der Waals surface area contributed by atoms with Crippen molar-refractivity contribution in [2.45, 2.75) is 17.1 Å². The van der Waals surface area contributed by atoms with Gasteiger partial charge >= 0.3 is 0 Å². The van der Waals surface area contributed by atoms with Crippen molar-refractivity contribution in [3.63, 3.8) is 0 Å². The van der Waals surface area contributed by atoms with Crippen molar-refractivity contribution in [2.75, 3.05) is 12.3 Å². The SMILES string of the molecule is Nc1ccc(S(=O)(=O)Cc2cc(Br)cc3c2OCC3)cc1. The van der Waals surface area contributed by atoms with Crippen LogP contribution < -0.4 is 10.5 Å². The molecule has 0 aliphatic carbocycles. The van der Waals surface area contributed by atoms with Gasteiger partial charge in [-0.15, -0.1) is 0 Å². The Bertz CT molecular complexity index is 785. The van der Waals surface area contributed by atoms with Crippen molar-refractivity contribution < 1.29 is 13.2 Å². The first-order valence-electron chi connectivity index (χ1n) is 6.48. The number of halogens is 1. The minimum Gasteiger partial charge on any atom is -0.493 e. The first-order chi connectivity index (χ1) is 9.95. The average molecular weight is 368 g/mol. The van der Waals surface area contributed by atoms with Crippen LogP contribution >= 0.6 is 15.9 Å². The number of hydrogen-bond acceptors (Lipinski definition) is 4. The average Bonchev–Trinajstić information content (AvgIpc) is 2.87. The van der Waals surface area contributed by atoms with Gasteiger partial charge in [0.15, 0.2) is 9.84 Å². The van der Waals surface area contributed by atoms with Crippen molar-refractivity contribution in [1.29, 1.82) is 0 Å². The number of benzene rings is 2. The molecule has 0 aromatic heterocycles. The first-order valence-corrected chi connectivity index (χ1v) is 8.93. The maximum atomic E-state index is 12.5.